The molecule has 0 heterocycles. The number of rotatable bonds is 4. The summed E-state index contributed by atoms with van der Waals surface area (Å²) in [6.45, 7) is 9.44. The monoisotopic (exact) mass is 225 g/mol. The minimum Gasteiger partial charge on any atom is -0.370 e. The van der Waals surface area contributed by atoms with Crippen molar-refractivity contribution >= 4 is 5.96 Å². The van der Waals surface area contributed by atoms with Crippen molar-refractivity contribution in [3.05, 3.63) is 0 Å². The first kappa shape index (κ1) is 13.3. The molecule has 1 aliphatic carbocycles. The Morgan fingerprint density at radius 1 is 1.38 bits per heavy atom. The van der Waals surface area contributed by atoms with Crippen molar-refractivity contribution < 1.29 is 0 Å². The van der Waals surface area contributed by atoms with Crippen molar-refractivity contribution in [2.45, 2.75) is 65.3 Å². The van der Waals surface area contributed by atoms with Crippen molar-refractivity contribution in [1.29, 1.82) is 0 Å². The van der Waals surface area contributed by atoms with E-state index in [4.69, 9.17) is 5.73 Å². The molecule has 0 spiro atoms. The van der Waals surface area contributed by atoms with Crippen LogP contribution in [0.1, 0.15) is 59.8 Å². The number of hydrogen-bond donors (Lipinski definition) is 2. The lowest BCUT2D eigenvalue weighted by atomic mass is 9.66. The molecular formula is C13H27N3. The first-order valence-corrected chi connectivity index (χ1v) is 6.45. The summed E-state index contributed by atoms with van der Waals surface area (Å²) in [5.74, 6) is 0.592. The molecule has 0 aromatic rings. The highest BCUT2D eigenvalue weighted by molar-refractivity contribution is 5.78. The van der Waals surface area contributed by atoms with Crippen molar-refractivity contribution in [2.75, 3.05) is 6.54 Å². The van der Waals surface area contributed by atoms with E-state index in [2.05, 4.69) is 38.0 Å². The summed E-state index contributed by atoms with van der Waals surface area (Å²) >= 11 is 0. The third-order valence-electron chi connectivity index (χ3n) is 3.28. The lowest BCUT2D eigenvalue weighted by Gasteiger charge is -2.41. The maximum Gasteiger partial charge on any atom is 0.189 e. The summed E-state index contributed by atoms with van der Waals surface area (Å²) < 4.78 is 0. The van der Waals surface area contributed by atoms with E-state index in [0.29, 0.717) is 11.4 Å². The maximum absolute atomic E-state index is 5.88. The van der Waals surface area contributed by atoms with E-state index in [1.807, 2.05) is 0 Å². The zero-order valence-electron chi connectivity index (χ0n) is 11.3. The van der Waals surface area contributed by atoms with Crippen LogP contribution in [0.15, 0.2) is 4.99 Å². The third kappa shape index (κ3) is 4.03. The van der Waals surface area contributed by atoms with Gasteiger partial charge in [0.2, 0.25) is 0 Å². The first-order valence-electron chi connectivity index (χ1n) is 6.45. The van der Waals surface area contributed by atoms with E-state index in [-0.39, 0.29) is 5.54 Å². The summed E-state index contributed by atoms with van der Waals surface area (Å²) in [7, 11) is 0. The Labute approximate surface area is 99.9 Å². The van der Waals surface area contributed by atoms with Crippen molar-refractivity contribution in [3.8, 4) is 0 Å². The van der Waals surface area contributed by atoms with Gasteiger partial charge in [-0.25, -0.2) is 0 Å². The van der Waals surface area contributed by atoms with Gasteiger partial charge in [0, 0.05) is 12.1 Å². The molecule has 1 rings (SSSR count). The molecule has 94 valence electrons. The number of aliphatic imine (C=N–C) groups is 1. The van der Waals surface area contributed by atoms with Crippen LogP contribution in [-0.2, 0) is 0 Å². The molecule has 0 aromatic carbocycles. The SMILES string of the molecule is CCCC1(CN=C(N)NC(C)(C)C)CCC1. The summed E-state index contributed by atoms with van der Waals surface area (Å²) in [6, 6.07) is 0. The lowest BCUT2D eigenvalue weighted by Crippen LogP contribution is -2.45. The highest BCUT2D eigenvalue weighted by atomic mass is 15.1. The van der Waals surface area contributed by atoms with Crippen LogP contribution in [0.25, 0.3) is 0 Å². The van der Waals surface area contributed by atoms with Crippen LogP contribution in [0.2, 0.25) is 0 Å². The minimum atomic E-state index is 0.00508. The van der Waals surface area contributed by atoms with E-state index >= 15 is 0 Å². The zero-order valence-corrected chi connectivity index (χ0v) is 11.3. The first-order chi connectivity index (χ1) is 7.37. The maximum atomic E-state index is 5.88. The quantitative estimate of drug-likeness (QED) is 0.571. The second-order valence-electron chi connectivity index (χ2n) is 6.18. The van der Waals surface area contributed by atoms with Gasteiger partial charge in [-0.1, -0.05) is 19.8 Å². The van der Waals surface area contributed by atoms with Gasteiger partial charge in [0.05, 0.1) is 0 Å². The van der Waals surface area contributed by atoms with Gasteiger partial charge in [-0.2, -0.15) is 0 Å². The number of nitrogens with one attached hydrogen (secondary N) is 1. The van der Waals surface area contributed by atoms with Crippen LogP contribution >= 0.6 is 0 Å². The minimum absolute atomic E-state index is 0.00508. The third-order valence-corrected chi connectivity index (χ3v) is 3.28. The number of nitrogens with two attached hydrogens (primary N) is 1. The molecule has 0 aliphatic heterocycles. The Morgan fingerprint density at radius 2 is 2.00 bits per heavy atom. The van der Waals surface area contributed by atoms with Crippen molar-refractivity contribution in [3.63, 3.8) is 0 Å². The lowest BCUT2D eigenvalue weighted by molar-refractivity contribution is 0.130. The second-order valence-corrected chi connectivity index (χ2v) is 6.18. The number of guanidine groups is 1. The fourth-order valence-electron chi connectivity index (χ4n) is 2.37. The standard InChI is InChI=1S/C13H27N3/c1-5-7-13(8-6-9-13)10-15-11(14)16-12(2,3)4/h5-10H2,1-4H3,(H3,14,15,16). The highest BCUT2D eigenvalue weighted by Crippen LogP contribution is 2.44. The molecule has 0 radical (unpaired) electrons. The molecule has 0 amide bonds. The molecule has 0 bridgehead atoms. The fraction of sp³-hybridized carbons (Fsp3) is 0.923. The molecule has 0 atom stereocenters. The predicted molar refractivity (Wildman–Crippen MR) is 70.6 cm³/mol. The van der Waals surface area contributed by atoms with Crippen LogP contribution in [-0.4, -0.2) is 18.0 Å². The number of nitrogens with zero attached hydrogens (tertiary/aromatic N) is 1. The molecule has 3 nitrogen and oxygen atoms in total. The molecular weight excluding hydrogens is 198 g/mol. The topological polar surface area (TPSA) is 50.4 Å². The predicted octanol–water partition coefficient (Wildman–Crippen LogP) is 2.66. The average molecular weight is 225 g/mol. The summed E-state index contributed by atoms with van der Waals surface area (Å²) in [6.07, 6.45) is 6.56. The van der Waals surface area contributed by atoms with E-state index in [0.717, 1.165) is 6.54 Å². The molecule has 0 aromatic heterocycles. The Bertz CT molecular complexity index is 246. The Morgan fingerprint density at radius 3 is 2.38 bits per heavy atom. The van der Waals surface area contributed by atoms with Gasteiger partial charge in [0.15, 0.2) is 5.96 Å². The van der Waals surface area contributed by atoms with Crippen LogP contribution in [0.4, 0.5) is 0 Å². The molecule has 3 N–H and O–H groups in total. The van der Waals surface area contributed by atoms with Gasteiger partial charge >= 0.3 is 0 Å². The average Bonchev–Trinajstić information content (AvgIpc) is 2.06. The molecule has 3 heteroatoms. The summed E-state index contributed by atoms with van der Waals surface area (Å²) in [4.78, 5) is 4.51. The Hall–Kier alpha value is -0.730. The highest BCUT2D eigenvalue weighted by Gasteiger charge is 2.35. The second kappa shape index (κ2) is 5.07. The van der Waals surface area contributed by atoms with Gasteiger partial charge in [-0.05, 0) is 45.4 Å². The van der Waals surface area contributed by atoms with Crippen LogP contribution in [0, 0.1) is 5.41 Å². The van der Waals surface area contributed by atoms with Crippen LogP contribution < -0.4 is 11.1 Å². The van der Waals surface area contributed by atoms with Gasteiger partial charge < -0.3 is 11.1 Å². The van der Waals surface area contributed by atoms with Crippen LogP contribution in [0.3, 0.4) is 0 Å². The Kier molecular flexibility index (Phi) is 4.22. The van der Waals surface area contributed by atoms with E-state index in [1.54, 1.807) is 0 Å². The normalized spacial score (nSPS) is 20.4. The van der Waals surface area contributed by atoms with E-state index < -0.39 is 0 Å². The van der Waals surface area contributed by atoms with Gasteiger partial charge in [-0.3, -0.25) is 4.99 Å². The molecule has 0 saturated heterocycles. The molecule has 1 fully saturated rings. The molecule has 0 unspecified atom stereocenters. The molecule has 1 saturated carbocycles. The molecule has 1 aliphatic rings. The Balaban J connectivity index is 2.44. The summed E-state index contributed by atoms with van der Waals surface area (Å²) in [5.41, 5.74) is 6.36. The van der Waals surface area contributed by atoms with Crippen molar-refractivity contribution in [1.82, 2.24) is 5.32 Å². The summed E-state index contributed by atoms with van der Waals surface area (Å²) in [5, 5.41) is 3.21. The van der Waals surface area contributed by atoms with Gasteiger partial charge in [0.1, 0.15) is 0 Å². The number of hydrogen-bond acceptors (Lipinski definition) is 1. The van der Waals surface area contributed by atoms with Gasteiger partial charge in [-0.15, -0.1) is 0 Å². The van der Waals surface area contributed by atoms with Crippen LogP contribution in [0.5, 0.6) is 0 Å². The van der Waals surface area contributed by atoms with E-state index in [9.17, 15) is 0 Å². The molecule has 16 heavy (non-hydrogen) atoms. The smallest absolute Gasteiger partial charge is 0.189 e. The fourth-order valence-corrected chi connectivity index (χ4v) is 2.37. The zero-order chi connectivity index (χ0) is 12.2. The largest absolute Gasteiger partial charge is 0.370 e. The van der Waals surface area contributed by atoms with Gasteiger partial charge in [0.25, 0.3) is 0 Å². The van der Waals surface area contributed by atoms with E-state index in [1.165, 1.54) is 32.1 Å². The van der Waals surface area contributed by atoms with Crippen molar-refractivity contribution in [2.24, 2.45) is 16.1 Å².